The van der Waals surface area contributed by atoms with Crippen LogP contribution in [0.2, 0.25) is 10.0 Å². The Labute approximate surface area is 148 Å². The van der Waals surface area contributed by atoms with Crippen LogP contribution in [0.1, 0.15) is 15.2 Å². The molecule has 0 aliphatic carbocycles. The molecule has 23 heavy (non-hydrogen) atoms. The summed E-state index contributed by atoms with van der Waals surface area (Å²) < 4.78 is 25.4. The van der Waals surface area contributed by atoms with Gasteiger partial charge in [0, 0.05) is 24.0 Å². The Morgan fingerprint density at radius 2 is 1.91 bits per heavy atom. The van der Waals surface area contributed by atoms with Gasteiger partial charge in [0.15, 0.2) is 0 Å². The fourth-order valence-corrected chi connectivity index (χ4v) is 4.67. The summed E-state index contributed by atoms with van der Waals surface area (Å²) in [5, 5.41) is 3.41. The zero-order valence-electron chi connectivity index (χ0n) is 12.3. The van der Waals surface area contributed by atoms with E-state index in [0.717, 1.165) is 20.5 Å². The van der Waals surface area contributed by atoms with E-state index in [2.05, 4.69) is 5.32 Å². The molecule has 0 bridgehead atoms. The second kappa shape index (κ2) is 7.19. The number of rotatable bonds is 5. The Bertz CT molecular complexity index is 832. The van der Waals surface area contributed by atoms with Gasteiger partial charge < -0.3 is 5.32 Å². The number of nitrogens with one attached hydrogen (secondary N) is 1. The van der Waals surface area contributed by atoms with Gasteiger partial charge in [-0.25, -0.2) is 12.7 Å². The number of hydrogen-bond acceptors (Lipinski definition) is 4. The zero-order valence-corrected chi connectivity index (χ0v) is 15.5. The lowest BCUT2D eigenvalue weighted by molar-refractivity contribution is 0.0951. The minimum Gasteiger partial charge on any atom is -0.347 e. The number of halogens is 2. The van der Waals surface area contributed by atoms with Crippen molar-refractivity contribution >= 4 is 50.5 Å². The second-order valence-corrected chi connectivity index (χ2v) is 9.21. The molecule has 1 aromatic carbocycles. The molecule has 0 unspecified atom stereocenters. The number of carbonyl (C=O) groups is 1. The van der Waals surface area contributed by atoms with E-state index in [0.29, 0.717) is 10.6 Å². The van der Waals surface area contributed by atoms with Crippen molar-refractivity contribution < 1.29 is 13.2 Å². The fraction of sp³-hybridized carbons (Fsp3) is 0.214. The minimum absolute atomic E-state index is 0.214. The number of carbonyl (C=O) groups excluding carboxylic acids is 1. The molecule has 0 saturated carbocycles. The molecule has 0 spiro atoms. The summed E-state index contributed by atoms with van der Waals surface area (Å²) in [5.41, 5.74) is 0.314. The molecule has 124 valence electrons. The highest BCUT2D eigenvalue weighted by molar-refractivity contribution is 7.91. The van der Waals surface area contributed by atoms with Crippen LogP contribution in [0, 0.1) is 0 Å². The maximum absolute atomic E-state index is 12.1. The Hall–Kier alpha value is -1.12. The molecular formula is C14H14Cl2N2O3S2. The first-order valence-corrected chi connectivity index (χ1v) is 9.47. The van der Waals surface area contributed by atoms with E-state index in [1.165, 1.54) is 32.3 Å². The molecule has 0 fully saturated rings. The highest BCUT2D eigenvalue weighted by atomic mass is 35.5. The summed E-state index contributed by atoms with van der Waals surface area (Å²) in [7, 11) is -0.512. The van der Waals surface area contributed by atoms with E-state index in [1.807, 2.05) is 0 Å². The Morgan fingerprint density at radius 3 is 2.52 bits per heavy atom. The van der Waals surface area contributed by atoms with E-state index in [4.69, 9.17) is 23.2 Å². The van der Waals surface area contributed by atoms with Gasteiger partial charge >= 0.3 is 0 Å². The van der Waals surface area contributed by atoms with Gasteiger partial charge in [0.25, 0.3) is 15.9 Å². The van der Waals surface area contributed by atoms with E-state index >= 15 is 0 Å². The number of benzene rings is 1. The molecule has 1 N–H and O–H groups in total. The van der Waals surface area contributed by atoms with E-state index in [1.54, 1.807) is 12.1 Å². The van der Waals surface area contributed by atoms with Crippen molar-refractivity contribution in [2.45, 2.75) is 10.8 Å². The van der Waals surface area contributed by atoms with Crippen LogP contribution < -0.4 is 5.32 Å². The lowest BCUT2D eigenvalue weighted by Crippen LogP contribution is -2.22. The molecule has 2 aromatic rings. The highest BCUT2D eigenvalue weighted by Gasteiger charge is 2.19. The van der Waals surface area contributed by atoms with Crippen LogP contribution >= 0.6 is 34.5 Å². The van der Waals surface area contributed by atoms with Crippen LogP contribution in [0.15, 0.2) is 34.5 Å². The first-order chi connectivity index (χ1) is 10.7. The number of sulfonamides is 1. The summed E-state index contributed by atoms with van der Waals surface area (Å²) in [6, 6.07) is 7.80. The third-order valence-corrected chi connectivity index (χ3v) is 6.89. The summed E-state index contributed by atoms with van der Waals surface area (Å²) in [6.45, 7) is 0.214. The van der Waals surface area contributed by atoms with Gasteiger partial charge in [0.1, 0.15) is 4.21 Å². The van der Waals surface area contributed by atoms with Crippen LogP contribution in [0.4, 0.5) is 0 Å². The van der Waals surface area contributed by atoms with Crippen molar-refractivity contribution in [1.29, 1.82) is 0 Å². The smallest absolute Gasteiger partial charge is 0.253 e. The van der Waals surface area contributed by atoms with Crippen molar-refractivity contribution in [2.24, 2.45) is 0 Å². The lowest BCUT2D eigenvalue weighted by atomic mass is 10.2. The standard InChI is InChI=1S/C14H14Cl2N2O3S2/c1-18(2)23(20,21)13-6-4-10(22-13)8-17-14(19)11-5-3-9(15)7-12(11)16/h3-7H,8H2,1-2H3,(H,17,19). The highest BCUT2D eigenvalue weighted by Crippen LogP contribution is 2.24. The molecule has 1 heterocycles. The number of amides is 1. The number of nitrogens with zero attached hydrogens (tertiary/aromatic N) is 1. The summed E-state index contributed by atoms with van der Waals surface area (Å²) in [5.74, 6) is -0.350. The van der Waals surface area contributed by atoms with Gasteiger partial charge in [-0.2, -0.15) is 0 Å². The zero-order chi connectivity index (χ0) is 17.2. The quantitative estimate of drug-likeness (QED) is 0.848. The van der Waals surface area contributed by atoms with E-state index in [-0.39, 0.29) is 21.7 Å². The first kappa shape index (κ1) is 18.2. The van der Waals surface area contributed by atoms with Crippen molar-refractivity contribution in [3.63, 3.8) is 0 Å². The van der Waals surface area contributed by atoms with Gasteiger partial charge in [-0.15, -0.1) is 11.3 Å². The van der Waals surface area contributed by atoms with Gasteiger partial charge in [-0.05, 0) is 30.3 Å². The molecule has 5 nitrogen and oxygen atoms in total. The lowest BCUT2D eigenvalue weighted by Gasteiger charge is -2.08. The third kappa shape index (κ3) is 4.24. The van der Waals surface area contributed by atoms with Crippen molar-refractivity contribution in [1.82, 2.24) is 9.62 Å². The number of hydrogen-bond donors (Lipinski definition) is 1. The predicted molar refractivity (Wildman–Crippen MR) is 92.8 cm³/mol. The minimum atomic E-state index is -3.45. The molecule has 1 amide bonds. The maximum atomic E-state index is 12.1. The van der Waals surface area contributed by atoms with Crippen molar-refractivity contribution in [3.05, 3.63) is 50.8 Å². The molecule has 0 atom stereocenters. The monoisotopic (exact) mass is 392 g/mol. The Balaban J connectivity index is 2.07. The van der Waals surface area contributed by atoms with E-state index in [9.17, 15) is 13.2 Å². The first-order valence-electron chi connectivity index (χ1n) is 6.46. The summed E-state index contributed by atoms with van der Waals surface area (Å²) in [4.78, 5) is 12.8. The second-order valence-electron chi connectivity index (χ2n) is 4.82. The molecule has 0 saturated heterocycles. The predicted octanol–water partition coefficient (Wildman–Crippen LogP) is 3.24. The molecular weight excluding hydrogens is 379 g/mol. The fourth-order valence-electron chi connectivity index (χ4n) is 1.71. The van der Waals surface area contributed by atoms with Gasteiger partial charge in [0.2, 0.25) is 0 Å². The van der Waals surface area contributed by atoms with Crippen molar-refractivity contribution in [2.75, 3.05) is 14.1 Å². The van der Waals surface area contributed by atoms with Crippen LogP contribution in [-0.2, 0) is 16.6 Å². The van der Waals surface area contributed by atoms with Gasteiger partial charge in [-0.1, -0.05) is 23.2 Å². The molecule has 2 rings (SSSR count). The largest absolute Gasteiger partial charge is 0.347 e. The van der Waals surface area contributed by atoms with Crippen LogP contribution in [0.3, 0.4) is 0 Å². The molecule has 9 heteroatoms. The van der Waals surface area contributed by atoms with Crippen LogP contribution in [0.25, 0.3) is 0 Å². The molecule has 0 radical (unpaired) electrons. The van der Waals surface area contributed by atoms with Crippen LogP contribution in [0.5, 0.6) is 0 Å². The van der Waals surface area contributed by atoms with Gasteiger partial charge in [-0.3, -0.25) is 4.79 Å². The van der Waals surface area contributed by atoms with E-state index < -0.39 is 10.0 Å². The van der Waals surface area contributed by atoms with Gasteiger partial charge in [0.05, 0.1) is 17.1 Å². The van der Waals surface area contributed by atoms with Crippen LogP contribution in [-0.4, -0.2) is 32.7 Å². The summed E-state index contributed by atoms with van der Waals surface area (Å²) in [6.07, 6.45) is 0. The normalized spacial score (nSPS) is 11.7. The topological polar surface area (TPSA) is 66.5 Å². The Morgan fingerprint density at radius 1 is 1.22 bits per heavy atom. The molecule has 1 aromatic heterocycles. The Kier molecular flexibility index (Phi) is 5.70. The average Bonchev–Trinajstić information content (AvgIpc) is 2.94. The maximum Gasteiger partial charge on any atom is 0.253 e. The molecule has 0 aliphatic heterocycles. The number of thiophene rings is 1. The molecule has 0 aliphatic rings. The average molecular weight is 393 g/mol. The van der Waals surface area contributed by atoms with Crippen molar-refractivity contribution in [3.8, 4) is 0 Å². The third-order valence-electron chi connectivity index (χ3n) is 2.97. The SMILES string of the molecule is CN(C)S(=O)(=O)c1ccc(CNC(=O)c2ccc(Cl)cc2Cl)s1. The summed E-state index contributed by atoms with van der Waals surface area (Å²) >= 11 is 12.9.